The van der Waals surface area contributed by atoms with E-state index in [9.17, 15) is 4.79 Å². The quantitative estimate of drug-likeness (QED) is 0.778. The zero-order chi connectivity index (χ0) is 15.1. The Kier molecular flexibility index (Phi) is 10.8. The first-order valence-electron chi connectivity index (χ1n) is 7.13. The molecule has 23 heavy (non-hydrogen) atoms. The van der Waals surface area contributed by atoms with Crippen LogP contribution < -0.4 is 11.1 Å². The van der Waals surface area contributed by atoms with Crippen molar-refractivity contribution >= 4 is 42.1 Å². The van der Waals surface area contributed by atoms with Crippen LogP contribution in [0.5, 0.6) is 0 Å². The van der Waals surface area contributed by atoms with Crippen molar-refractivity contribution < 1.29 is 4.79 Å². The van der Waals surface area contributed by atoms with Crippen LogP contribution in [0.1, 0.15) is 35.1 Å². The SMILES string of the molecule is Cc1nc(CCCC(=O)NCC(N)c2ccccc2)cs1.Cl.Cl. The molecule has 3 N–H and O–H groups in total. The van der Waals surface area contributed by atoms with Gasteiger partial charge in [-0.15, -0.1) is 36.2 Å². The molecule has 1 atom stereocenters. The van der Waals surface area contributed by atoms with Gasteiger partial charge in [0.25, 0.3) is 0 Å². The van der Waals surface area contributed by atoms with Gasteiger partial charge in [0, 0.05) is 24.4 Å². The van der Waals surface area contributed by atoms with Gasteiger partial charge in [-0.05, 0) is 25.3 Å². The summed E-state index contributed by atoms with van der Waals surface area (Å²) in [5.74, 6) is 0.0494. The monoisotopic (exact) mass is 375 g/mol. The van der Waals surface area contributed by atoms with E-state index in [0.29, 0.717) is 13.0 Å². The first-order valence-corrected chi connectivity index (χ1v) is 8.01. The number of hydrogen-bond donors (Lipinski definition) is 2. The van der Waals surface area contributed by atoms with Gasteiger partial charge in [0.05, 0.1) is 10.7 Å². The summed E-state index contributed by atoms with van der Waals surface area (Å²) in [6.45, 7) is 2.46. The van der Waals surface area contributed by atoms with E-state index >= 15 is 0 Å². The highest BCUT2D eigenvalue weighted by Crippen LogP contribution is 2.11. The minimum absolute atomic E-state index is 0. The van der Waals surface area contributed by atoms with Crippen LogP contribution in [0, 0.1) is 6.92 Å². The third kappa shape index (κ3) is 7.79. The van der Waals surface area contributed by atoms with Crippen molar-refractivity contribution in [1.29, 1.82) is 0 Å². The van der Waals surface area contributed by atoms with E-state index in [1.165, 1.54) is 0 Å². The number of nitrogens with zero attached hydrogens (tertiary/aromatic N) is 1. The summed E-state index contributed by atoms with van der Waals surface area (Å²) < 4.78 is 0. The molecule has 1 heterocycles. The number of thiazole rings is 1. The maximum atomic E-state index is 11.8. The molecule has 7 heteroatoms. The van der Waals surface area contributed by atoms with Gasteiger partial charge in [0.1, 0.15) is 0 Å². The Hall–Kier alpha value is -1.14. The van der Waals surface area contributed by atoms with Crippen LogP contribution in [0.3, 0.4) is 0 Å². The first kappa shape index (κ1) is 21.9. The number of carbonyl (C=O) groups is 1. The van der Waals surface area contributed by atoms with Crippen molar-refractivity contribution in [3.05, 3.63) is 52.0 Å². The molecule has 0 aliphatic rings. The molecule has 1 aromatic heterocycles. The van der Waals surface area contributed by atoms with Gasteiger partial charge in [-0.3, -0.25) is 4.79 Å². The van der Waals surface area contributed by atoms with Crippen molar-refractivity contribution in [3.8, 4) is 0 Å². The summed E-state index contributed by atoms with van der Waals surface area (Å²) >= 11 is 1.65. The van der Waals surface area contributed by atoms with Gasteiger partial charge in [0.15, 0.2) is 0 Å². The molecular weight excluding hydrogens is 353 g/mol. The van der Waals surface area contributed by atoms with E-state index in [0.717, 1.165) is 29.1 Å². The van der Waals surface area contributed by atoms with Crippen molar-refractivity contribution in [1.82, 2.24) is 10.3 Å². The van der Waals surface area contributed by atoms with Gasteiger partial charge >= 0.3 is 0 Å². The first-order chi connectivity index (χ1) is 10.1. The number of nitrogens with one attached hydrogen (secondary N) is 1. The molecule has 2 rings (SSSR count). The summed E-state index contributed by atoms with van der Waals surface area (Å²) in [5, 5.41) is 6.02. The van der Waals surface area contributed by atoms with Gasteiger partial charge < -0.3 is 11.1 Å². The molecule has 1 unspecified atom stereocenters. The third-order valence-corrected chi connectivity index (χ3v) is 4.07. The van der Waals surface area contributed by atoms with E-state index in [1.807, 2.05) is 37.3 Å². The summed E-state index contributed by atoms with van der Waals surface area (Å²) in [6, 6.07) is 9.65. The van der Waals surface area contributed by atoms with Crippen molar-refractivity contribution in [3.63, 3.8) is 0 Å². The second-order valence-corrected chi connectivity index (χ2v) is 6.09. The number of aromatic nitrogens is 1. The van der Waals surface area contributed by atoms with Crippen molar-refractivity contribution in [2.75, 3.05) is 6.54 Å². The highest BCUT2D eigenvalue weighted by atomic mass is 35.5. The zero-order valence-corrected chi connectivity index (χ0v) is 15.5. The summed E-state index contributed by atoms with van der Waals surface area (Å²) in [6.07, 6.45) is 2.18. The number of benzene rings is 1. The number of rotatable bonds is 7. The summed E-state index contributed by atoms with van der Waals surface area (Å²) in [5.41, 5.74) is 8.16. The lowest BCUT2D eigenvalue weighted by Crippen LogP contribution is -2.31. The molecule has 0 aliphatic carbocycles. The smallest absolute Gasteiger partial charge is 0.220 e. The number of hydrogen-bond acceptors (Lipinski definition) is 4. The van der Waals surface area contributed by atoms with Gasteiger partial charge in [0.2, 0.25) is 5.91 Å². The maximum Gasteiger partial charge on any atom is 0.220 e. The third-order valence-electron chi connectivity index (χ3n) is 3.25. The predicted molar refractivity (Wildman–Crippen MR) is 101 cm³/mol. The van der Waals surface area contributed by atoms with E-state index in [-0.39, 0.29) is 36.8 Å². The van der Waals surface area contributed by atoms with Gasteiger partial charge in [-0.25, -0.2) is 4.98 Å². The highest BCUT2D eigenvalue weighted by Gasteiger charge is 2.08. The lowest BCUT2D eigenvalue weighted by molar-refractivity contribution is -0.121. The van der Waals surface area contributed by atoms with E-state index in [2.05, 4.69) is 15.7 Å². The van der Waals surface area contributed by atoms with Gasteiger partial charge in [-0.2, -0.15) is 0 Å². The highest BCUT2D eigenvalue weighted by molar-refractivity contribution is 7.09. The maximum absolute atomic E-state index is 11.8. The van der Waals surface area contributed by atoms with Crippen molar-refractivity contribution in [2.45, 2.75) is 32.2 Å². The molecule has 0 saturated heterocycles. The Labute approximate surface area is 153 Å². The molecule has 0 fully saturated rings. The molecule has 128 valence electrons. The number of carbonyl (C=O) groups excluding carboxylic acids is 1. The molecule has 0 saturated carbocycles. The normalized spacial score (nSPS) is 11.0. The molecule has 0 spiro atoms. The minimum atomic E-state index is -0.156. The molecular formula is C16H23Cl2N3OS. The van der Waals surface area contributed by atoms with Crippen LogP contribution >= 0.6 is 36.2 Å². The van der Waals surface area contributed by atoms with Crippen molar-refractivity contribution in [2.24, 2.45) is 5.73 Å². The van der Waals surface area contributed by atoms with Crippen LogP contribution in [0.2, 0.25) is 0 Å². The molecule has 1 amide bonds. The Balaban J connectivity index is 0.00000242. The molecule has 1 aromatic carbocycles. The number of halogens is 2. The lowest BCUT2D eigenvalue weighted by atomic mass is 10.1. The Morgan fingerprint density at radius 1 is 1.30 bits per heavy atom. The molecule has 0 aliphatic heterocycles. The van der Waals surface area contributed by atoms with Gasteiger partial charge in [-0.1, -0.05) is 30.3 Å². The zero-order valence-electron chi connectivity index (χ0n) is 13.0. The van der Waals surface area contributed by atoms with Crippen LogP contribution in [0.15, 0.2) is 35.7 Å². The van der Waals surface area contributed by atoms with E-state index in [4.69, 9.17) is 5.73 Å². The van der Waals surface area contributed by atoms with Crippen LogP contribution in [0.25, 0.3) is 0 Å². The molecule has 0 radical (unpaired) electrons. The number of aryl methyl sites for hydroxylation is 2. The second-order valence-electron chi connectivity index (χ2n) is 5.03. The molecule has 4 nitrogen and oxygen atoms in total. The Morgan fingerprint density at radius 3 is 2.61 bits per heavy atom. The fourth-order valence-corrected chi connectivity index (χ4v) is 2.73. The Morgan fingerprint density at radius 2 is 2.00 bits per heavy atom. The van der Waals surface area contributed by atoms with Crippen LogP contribution in [-0.2, 0) is 11.2 Å². The number of amides is 1. The fourth-order valence-electron chi connectivity index (χ4n) is 2.08. The summed E-state index contributed by atoms with van der Waals surface area (Å²) in [4.78, 5) is 16.2. The Bertz CT molecular complexity index is 578. The standard InChI is InChI=1S/C16H21N3OS.2ClH/c1-12-19-14(11-21-12)8-5-9-16(20)18-10-15(17)13-6-3-2-4-7-13;;/h2-4,6-7,11,15H,5,8-10,17H2,1H3,(H,18,20);2*1H. The van der Waals surface area contributed by atoms with E-state index < -0.39 is 0 Å². The lowest BCUT2D eigenvalue weighted by Gasteiger charge is -2.13. The largest absolute Gasteiger partial charge is 0.354 e. The predicted octanol–water partition coefficient (Wildman–Crippen LogP) is 3.43. The average Bonchev–Trinajstić information content (AvgIpc) is 2.91. The molecule has 0 bridgehead atoms. The van der Waals surface area contributed by atoms with E-state index in [1.54, 1.807) is 11.3 Å². The fraction of sp³-hybridized carbons (Fsp3) is 0.375. The summed E-state index contributed by atoms with van der Waals surface area (Å²) in [7, 11) is 0. The average molecular weight is 376 g/mol. The minimum Gasteiger partial charge on any atom is -0.354 e. The number of nitrogens with two attached hydrogens (primary N) is 1. The second kappa shape index (κ2) is 11.4. The topological polar surface area (TPSA) is 68.0 Å². The molecule has 2 aromatic rings. The van der Waals surface area contributed by atoms with Crippen LogP contribution in [0.4, 0.5) is 0 Å². The van der Waals surface area contributed by atoms with Crippen LogP contribution in [-0.4, -0.2) is 17.4 Å².